The van der Waals surface area contributed by atoms with Gasteiger partial charge in [0.2, 0.25) is 12.1 Å². The minimum atomic E-state index is -2.97. The Balaban J connectivity index is 1.76. The van der Waals surface area contributed by atoms with E-state index in [1.807, 2.05) is 0 Å². The van der Waals surface area contributed by atoms with Crippen LogP contribution < -0.4 is 26.4 Å². The molecule has 4 aliphatic rings. The number of aliphatic imine (C=N–C) groups is 1. The highest BCUT2D eigenvalue weighted by Gasteiger charge is 2.59. The van der Waals surface area contributed by atoms with Crippen molar-refractivity contribution in [1.82, 2.24) is 5.32 Å². The van der Waals surface area contributed by atoms with E-state index < -0.39 is 90.7 Å². The Morgan fingerprint density at radius 2 is 1.92 bits per heavy atom. The Hall–Kier alpha value is -3.21. The van der Waals surface area contributed by atoms with Crippen LogP contribution in [-0.2, 0) is 33.3 Å². The van der Waals surface area contributed by atoms with E-state index in [1.54, 1.807) is 12.4 Å². The third-order valence-corrected chi connectivity index (χ3v) is 10.4. The summed E-state index contributed by atoms with van der Waals surface area (Å²) in [5.41, 5.74) is 3.35. The van der Waals surface area contributed by atoms with Crippen LogP contribution in [0.1, 0.15) is 32.1 Å². The molecule has 0 aromatic heterocycles. The Labute approximate surface area is 307 Å². The van der Waals surface area contributed by atoms with Crippen molar-refractivity contribution >= 4 is 17.9 Å². The second-order valence-corrected chi connectivity index (χ2v) is 13.9. The minimum Gasteiger partial charge on any atom is -0.550 e. The number of guanidine groups is 1. The summed E-state index contributed by atoms with van der Waals surface area (Å²) in [6, 6.07) is -0.880. The van der Waals surface area contributed by atoms with Crippen molar-refractivity contribution in [2.75, 3.05) is 53.7 Å². The Morgan fingerprint density at radius 3 is 2.53 bits per heavy atom. The summed E-state index contributed by atoms with van der Waals surface area (Å²) in [5.74, 6) is -8.39. The number of hydrogen-bond donors (Lipinski definition) is 10. The van der Waals surface area contributed by atoms with Crippen molar-refractivity contribution < 1.29 is 79.2 Å². The van der Waals surface area contributed by atoms with Crippen LogP contribution >= 0.6 is 0 Å². The fraction of sp³-hybridized carbons (Fsp3) is 0.735. The number of esters is 1. The van der Waals surface area contributed by atoms with Gasteiger partial charge in [0, 0.05) is 13.0 Å². The minimum absolute atomic E-state index is 0.0378. The molecule has 11 atom stereocenters. The molecule has 0 spiro atoms. The molecule has 53 heavy (non-hydrogen) atoms. The van der Waals surface area contributed by atoms with Crippen molar-refractivity contribution in [3.63, 3.8) is 0 Å². The number of carbonyl (C=O) groups is 2. The van der Waals surface area contributed by atoms with Crippen molar-refractivity contribution in [2.45, 2.75) is 86.5 Å². The first-order valence-corrected chi connectivity index (χ1v) is 17.9. The lowest BCUT2D eigenvalue weighted by Gasteiger charge is -2.48. The molecule has 300 valence electrons. The largest absolute Gasteiger partial charge is 0.550 e. The van der Waals surface area contributed by atoms with Gasteiger partial charge >= 0.3 is 5.97 Å². The van der Waals surface area contributed by atoms with E-state index in [-0.39, 0.29) is 44.5 Å². The normalized spacial score (nSPS) is 36.7. The molecule has 3 aliphatic heterocycles. The third-order valence-electron chi connectivity index (χ3n) is 10.4. The molecule has 0 bridgehead atoms. The zero-order valence-corrected chi connectivity index (χ0v) is 30.1. The summed E-state index contributed by atoms with van der Waals surface area (Å²) in [6.45, 7) is 3.28. The molecule has 0 amide bonds. The summed E-state index contributed by atoms with van der Waals surface area (Å²) >= 11 is 0. The fourth-order valence-corrected chi connectivity index (χ4v) is 7.43. The molecule has 1 aliphatic carbocycles. The van der Waals surface area contributed by atoms with E-state index >= 15 is 0 Å². The second-order valence-electron chi connectivity index (χ2n) is 13.9. The van der Waals surface area contributed by atoms with Crippen LogP contribution in [0.3, 0.4) is 0 Å². The number of aliphatic carboxylic acids is 1. The van der Waals surface area contributed by atoms with Crippen LogP contribution in [0.4, 0.5) is 0 Å². The Bertz CT molecular complexity index is 1340. The number of quaternary nitrogens is 2. The van der Waals surface area contributed by atoms with E-state index in [0.29, 0.717) is 12.8 Å². The molecule has 3 heterocycles. The smallest absolute Gasteiger partial charge is 0.340 e. The highest BCUT2D eigenvalue weighted by atomic mass is 16.8. The lowest BCUT2D eigenvalue weighted by molar-refractivity contribution is -0.911. The number of rotatable bonds is 15. The molecule has 3 fully saturated rings. The number of aliphatic hydroxyl groups is 6. The topological polar surface area (TPSA) is 296 Å². The van der Waals surface area contributed by atoms with Gasteiger partial charge in [0.05, 0.1) is 57.2 Å². The number of carboxylic acid groups (broad SMARTS) is 1. The van der Waals surface area contributed by atoms with E-state index in [1.165, 1.54) is 25.3 Å². The fourth-order valence-electron chi connectivity index (χ4n) is 7.43. The standard InChI is InChI=1S/C34H55N5O14/c1-4-22-30(53-31-27(50-18-36-2)34(47,48)26(42)24(16-41)52-31)49-17-23(29(45)51-20-8-6-5-7-9-20)33(22,46)11-10-19-14-39(12-13-40)15-21(28(43)44)25(19)38-32(35)37-3/h4,10-11,17,19-22,24-27,30-31,36,40-42,46-48H,1,5-9,12-16,18H2,2-3H3,(H,43,44)(H3,35,37,38)/p+1. The number of nitrogens with two attached hydrogens (primary N) is 2. The summed E-state index contributed by atoms with van der Waals surface area (Å²) in [4.78, 5) is 30.8. The molecule has 4 rings (SSSR count). The molecule has 1 saturated carbocycles. The zero-order valence-electron chi connectivity index (χ0n) is 30.1. The number of piperidine rings is 1. The zero-order chi connectivity index (χ0) is 38.9. The molecule has 0 aromatic rings. The lowest BCUT2D eigenvalue weighted by Crippen LogP contribution is -3.16. The molecule has 19 nitrogen and oxygen atoms in total. The summed E-state index contributed by atoms with van der Waals surface area (Å²) < 4.78 is 29.0. The highest BCUT2D eigenvalue weighted by molar-refractivity contribution is 5.91. The third kappa shape index (κ3) is 9.73. The first-order valence-electron chi connectivity index (χ1n) is 17.9. The van der Waals surface area contributed by atoms with E-state index in [4.69, 9.17) is 29.4 Å². The summed E-state index contributed by atoms with van der Waals surface area (Å²) in [5, 5.41) is 81.3. The number of carboxylic acids is 1. The van der Waals surface area contributed by atoms with E-state index in [0.717, 1.165) is 30.4 Å². The van der Waals surface area contributed by atoms with Crippen molar-refractivity contribution in [1.29, 1.82) is 0 Å². The van der Waals surface area contributed by atoms with Crippen molar-refractivity contribution in [2.24, 2.45) is 28.5 Å². The van der Waals surface area contributed by atoms with Crippen LogP contribution in [0.2, 0.25) is 0 Å². The number of hydrogen-bond acceptors (Lipinski definition) is 15. The Kier molecular flexibility index (Phi) is 15.2. The van der Waals surface area contributed by atoms with Gasteiger partial charge in [0.15, 0.2) is 25.1 Å². The first kappa shape index (κ1) is 42.5. The quantitative estimate of drug-likeness (QED) is 0.0244. The van der Waals surface area contributed by atoms with Crippen LogP contribution in [0.15, 0.2) is 41.6 Å². The van der Waals surface area contributed by atoms with E-state index in [2.05, 4.69) is 16.9 Å². The predicted molar refractivity (Wildman–Crippen MR) is 180 cm³/mol. The van der Waals surface area contributed by atoms with Crippen molar-refractivity contribution in [3.8, 4) is 0 Å². The maximum Gasteiger partial charge on any atom is 0.340 e. The number of aliphatic hydroxyl groups excluding tert-OH is 3. The maximum atomic E-state index is 13.8. The summed E-state index contributed by atoms with van der Waals surface area (Å²) in [7, 11) is 3.07. The average Bonchev–Trinajstić information content (AvgIpc) is 3.13. The maximum absolute atomic E-state index is 13.8. The van der Waals surface area contributed by atoms with Gasteiger partial charge in [-0.05, 0) is 25.7 Å². The molecule has 12 N–H and O–H groups in total. The molecular formula is C34H56N5O14+. The van der Waals surface area contributed by atoms with Gasteiger partial charge in [0.25, 0.3) is 0 Å². The van der Waals surface area contributed by atoms with Gasteiger partial charge in [-0.1, -0.05) is 24.6 Å². The number of ether oxygens (including phenoxy) is 5. The first-order chi connectivity index (χ1) is 25.2. The lowest BCUT2D eigenvalue weighted by atomic mass is 9.76. The molecular weight excluding hydrogens is 702 g/mol. The molecule has 0 radical (unpaired) electrons. The number of carbonyl (C=O) groups excluding carboxylic acids is 2. The molecule has 11 unspecified atom stereocenters. The van der Waals surface area contributed by atoms with Crippen LogP contribution in [0, 0.1) is 17.8 Å². The summed E-state index contributed by atoms with van der Waals surface area (Å²) in [6.07, 6.45) is 0.0580. The SMILES string of the molecule is C=CC1C(OC2OC(CO)C(O)C(O)(O)C2OC[NH2+]C)OC=C(C(=O)OC2CCCCC2)C1(O)C=CC1C[NH+](CCO)CC(C(=O)[O-])C1NC(N)=NC. The number of nitrogens with one attached hydrogen (secondary N) is 2. The number of nitrogens with zero attached hydrogens (tertiary/aromatic N) is 1. The van der Waals surface area contributed by atoms with Gasteiger partial charge in [-0.25, -0.2) is 4.79 Å². The highest BCUT2D eigenvalue weighted by Crippen LogP contribution is 2.41. The van der Waals surface area contributed by atoms with Crippen LogP contribution in [0.5, 0.6) is 0 Å². The van der Waals surface area contributed by atoms with Gasteiger partial charge in [-0.15, -0.1) is 6.58 Å². The molecule has 19 heteroatoms. The van der Waals surface area contributed by atoms with Crippen LogP contribution in [0.25, 0.3) is 0 Å². The van der Waals surface area contributed by atoms with Gasteiger partial charge in [-0.3, -0.25) is 4.99 Å². The average molecular weight is 759 g/mol. The van der Waals surface area contributed by atoms with Gasteiger partial charge in [0.1, 0.15) is 42.3 Å². The Morgan fingerprint density at radius 1 is 1.21 bits per heavy atom. The van der Waals surface area contributed by atoms with Crippen LogP contribution in [-0.4, -0.2) is 157 Å². The molecule has 0 aromatic carbocycles. The number of likely N-dealkylation sites (tertiary alicyclic amines) is 1. The second kappa shape index (κ2) is 18.9. The monoisotopic (exact) mass is 758 g/mol. The molecule has 2 saturated heterocycles. The van der Waals surface area contributed by atoms with Gasteiger partial charge in [-0.2, -0.15) is 0 Å². The van der Waals surface area contributed by atoms with E-state index in [9.17, 15) is 45.3 Å². The predicted octanol–water partition coefficient (Wildman–Crippen LogP) is -6.72. The van der Waals surface area contributed by atoms with Crippen molar-refractivity contribution in [3.05, 3.63) is 36.6 Å². The van der Waals surface area contributed by atoms with Gasteiger partial charge < -0.3 is 85.5 Å².